The molecule has 0 unspecified atom stereocenters. The zero-order chi connectivity index (χ0) is 21.2. The van der Waals surface area contributed by atoms with Gasteiger partial charge in [-0.1, -0.05) is 11.6 Å². The van der Waals surface area contributed by atoms with Gasteiger partial charge in [0, 0.05) is 29.4 Å². The van der Waals surface area contributed by atoms with Crippen molar-refractivity contribution in [3.63, 3.8) is 0 Å². The van der Waals surface area contributed by atoms with E-state index in [0.29, 0.717) is 9.21 Å². The van der Waals surface area contributed by atoms with Crippen LogP contribution in [0.4, 0.5) is 10.1 Å². The Morgan fingerprint density at radius 1 is 1.34 bits per heavy atom. The Labute approximate surface area is 176 Å². The molecule has 0 bridgehead atoms. The molecule has 1 aliphatic rings. The molecule has 2 aromatic rings. The van der Waals surface area contributed by atoms with E-state index in [4.69, 9.17) is 11.6 Å². The second-order valence-corrected chi connectivity index (χ2v) is 9.53. The summed E-state index contributed by atoms with van der Waals surface area (Å²) in [6, 6.07) is 6.08. The molecule has 2 amide bonds. The highest BCUT2D eigenvalue weighted by Gasteiger charge is 2.36. The maximum Gasteiger partial charge on any atom is 0.251 e. The fourth-order valence-electron chi connectivity index (χ4n) is 2.85. The average Bonchev–Trinajstić information content (AvgIpc) is 3.25. The van der Waals surface area contributed by atoms with Crippen molar-refractivity contribution in [3.05, 3.63) is 56.3 Å². The minimum absolute atomic E-state index is 0.00637. The molecule has 154 valence electrons. The third-order valence-electron chi connectivity index (χ3n) is 4.25. The normalized spacial score (nSPS) is 17.3. The van der Waals surface area contributed by atoms with Gasteiger partial charge in [0.15, 0.2) is 0 Å². The van der Waals surface area contributed by atoms with E-state index in [1.807, 2.05) is 0 Å². The molecule has 1 aromatic heterocycles. The first-order valence-electron chi connectivity index (χ1n) is 8.49. The topological polar surface area (TPSA) is 95.6 Å². The predicted octanol–water partition coefficient (Wildman–Crippen LogP) is 2.60. The number of nitrogens with one attached hydrogen (secondary N) is 2. The largest absolute Gasteiger partial charge is 0.355 e. The smallest absolute Gasteiger partial charge is 0.251 e. The Balaban J connectivity index is 1.71. The number of thiophene rings is 1. The highest BCUT2D eigenvalue weighted by Crippen LogP contribution is 2.26. The highest BCUT2D eigenvalue weighted by atomic mass is 35.5. The molecule has 0 spiro atoms. The Kier molecular flexibility index (Phi) is 6.37. The fraction of sp³-hybridized carbons (Fsp3) is 0.222. The van der Waals surface area contributed by atoms with Crippen LogP contribution in [0.25, 0.3) is 6.08 Å². The molecule has 2 N–H and O–H groups in total. The van der Waals surface area contributed by atoms with Crippen LogP contribution in [0.3, 0.4) is 0 Å². The molecule has 1 saturated heterocycles. The Morgan fingerprint density at radius 3 is 2.72 bits per heavy atom. The van der Waals surface area contributed by atoms with Crippen LogP contribution < -0.4 is 14.9 Å². The number of hydrogen-bond acceptors (Lipinski definition) is 5. The van der Waals surface area contributed by atoms with Crippen molar-refractivity contribution in [2.75, 3.05) is 18.5 Å². The lowest BCUT2D eigenvalue weighted by molar-refractivity contribution is -0.118. The van der Waals surface area contributed by atoms with Crippen LogP contribution in [0.1, 0.15) is 21.7 Å². The molecular formula is C18H17ClFN3O4S2. The first kappa shape index (κ1) is 21.4. The molecule has 1 aromatic carbocycles. The van der Waals surface area contributed by atoms with E-state index in [1.165, 1.54) is 41.5 Å². The lowest BCUT2D eigenvalue weighted by Gasteiger charge is -2.18. The van der Waals surface area contributed by atoms with Crippen LogP contribution in [0.15, 0.2) is 35.7 Å². The van der Waals surface area contributed by atoms with Gasteiger partial charge in [-0.05, 0) is 42.8 Å². The molecule has 7 nitrogen and oxygen atoms in total. The molecule has 1 atom stereocenters. The summed E-state index contributed by atoms with van der Waals surface area (Å²) in [6.45, 7) is 0.145. The highest BCUT2D eigenvalue weighted by molar-refractivity contribution is 7.92. The summed E-state index contributed by atoms with van der Waals surface area (Å²) in [5.41, 5.74) is 0.115. The Hall–Kier alpha value is -2.27. The molecule has 2 heterocycles. The van der Waals surface area contributed by atoms with Crippen molar-refractivity contribution in [1.29, 1.82) is 0 Å². The fourth-order valence-corrected chi connectivity index (χ4v) is 4.92. The van der Waals surface area contributed by atoms with Crippen LogP contribution in [0.5, 0.6) is 0 Å². The third-order valence-corrected chi connectivity index (χ3v) is 6.55. The second-order valence-electron chi connectivity index (χ2n) is 6.18. The molecule has 29 heavy (non-hydrogen) atoms. The zero-order valence-electron chi connectivity index (χ0n) is 15.2. The van der Waals surface area contributed by atoms with Crippen molar-refractivity contribution in [2.45, 2.75) is 12.5 Å². The predicted molar refractivity (Wildman–Crippen MR) is 111 cm³/mol. The molecule has 0 radical (unpaired) electrons. The summed E-state index contributed by atoms with van der Waals surface area (Å²) >= 11 is 7.02. The van der Waals surface area contributed by atoms with Crippen LogP contribution in [0, 0.1) is 5.82 Å². The number of hydrogen-bond donors (Lipinski definition) is 2. The van der Waals surface area contributed by atoms with Crippen molar-refractivity contribution in [3.8, 4) is 0 Å². The van der Waals surface area contributed by atoms with Crippen molar-refractivity contribution in [2.24, 2.45) is 0 Å². The summed E-state index contributed by atoms with van der Waals surface area (Å²) in [5.74, 6) is -1.75. The molecule has 0 saturated carbocycles. The van der Waals surface area contributed by atoms with E-state index in [1.54, 1.807) is 12.1 Å². The zero-order valence-corrected chi connectivity index (χ0v) is 17.6. The van der Waals surface area contributed by atoms with Gasteiger partial charge in [0.1, 0.15) is 11.9 Å². The maximum absolute atomic E-state index is 14.4. The van der Waals surface area contributed by atoms with E-state index in [9.17, 15) is 22.4 Å². The van der Waals surface area contributed by atoms with Gasteiger partial charge in [-0.15, -0.1) is 11.3 Å². The lowest BCUT2D eigenvalue weighted by atomic mass is 10.1. The summed E-state index contributed by atoms with van der Waals surface area (Å²) in [5, 5.41) is 3.35. The molecule has 1 fully saturated rings. The van der Waals surface area contributed by atoms with E-state index < -0.39 is 33.7 Å². The van der Waals surface area contributed by atoms with Crippen molar-refractivity contribution in [1.82, 2.24) is 10.0 Å². The Morgan fingerprint density at radius 2 is 2.10 bits per heavy atom. The van der Waals surface area contributed by atoms with Gasteiger partial charge in [0.25, 0.3) is 5.91 Å². The summed E-state index contributed by atoms with van der Waals surface area (Å²) in [7, 11) is -2.46. The standard InChI is InChI=1S/C18H17ClFN3O4S2/c1-21-17(24)11-2-4-15(13(20)10-11)23-8-6-14(18(23)25)22-29(26,27)9-7-12-3-5-16(19)28-12/h2-5,7,9-10,14,22H,6,8H2,1H3,(H,21,24)/t14-/m0/s1. The number of sulfonamides is 1. The first-order chi connectivity index (χ1) is 13.7. The van der Waals surface area contributed by atoms with E-state index in [-0.39, 0.29) is 24.2 Å². The van der Waals surface area contributed by atoms with Gasteiger partial charge in [0.2, 0.25) is 15.9 Å². The summed E-state index contributed by atoms with van der Waals surface area (Å²) in [4.78, 5) is 26.0. The van der Waals surface area contributed by atoms with Crippen molar-refractivity contribution < 1.29 is 22.4 Å². The van der Waals surface area contributed by atoms with Gasteiger partial charge >= 0.3 is 0 Å². The Bertz CT molecular complexity index is 1080. The quantitative estimate of drug-likeness (QED) is 0.697. The lowest BCUT2D eigenvalue weighted by Crippen LogP contribution is -2.40. The number of rotatable bonds is 6. The number of benzene rings is 1. The number of carbonyl (C=O) groups is 2. The molecule has 1 aliphatic heterocycles. The summed E-state index contributed by atoms with van der Waals surface area (Å²) < 4.78 is 41.8. The number of nitrogens with zero attached hydrogens (tertiary/aromatic N) is 1. The van der Waals surface area contributed by atoms with Gasteiger partial charge in [-0.3, -0.25) is 9.59 Å². The SMILES string of the molecule is CNC(=O)c1ccc(N2CC[C@H](NS(=O)(=O)C=Cc3ccc(Cl)s3)C2=O)c(F)c1. The molecule has 3 rings (SSSR count). The second kappa shape index (κ2) is 8.62. The van der Waals surface area contributed by atoms with E-state index in [2.05, 4.69) is 10.0 Å². The van der Waals surface area contributed by atoms with Gasteiger partial charge < -0.3 is 10.2 Å². The monoisotopic (exact) mass is 457 g/mol. The van der Waals surface area contributed by atoms with Gasteiger partial charge in [-0.25, -0.2) is 12.8 Å². The minimum Gasteiger partial charge on any atom is -0.355 e. The minimum atomic E-state index is -3.89. The van der Waals surface area contributed by atoms with Crippen molar-refractivity contribution >= 4 is 56.5 Å². The van der Waals surface area contributed by atoms with Gasteiger partial charge in [-0.2, -0.15) is 4.72 Å². The number of halogens is 2. The van der Waals surface area contributed by atoms with Gasteiger partial charge in [0.05, 0.1) is 10.0 Å². The summed E-state index contributed by atoms with van der Waals surface area (Å²) in [6.07, 6.45) is 1.57. The maximum atomic E-state index is 14.4. The van der Waals surface area contributed by atoms with E-state index >= 15 is 0 Å². The van der Waals surface area contributed by atoms with Crippen LogP contribution in [0.2, 0.25) is 4.34 Å². The first-order valence-corrected chi connectivity index (χ1v) is 11.2. The number of anilines is 1. The molecule has 0 aliphatic carbocycles. The van der Waals surface area contributed by atoms with Crippen LogP contribution in [-0.4, -0.2) is 39.9 Å². The van der Waals surface area contributed by atoms with Crippen LogP contribution >= 0.6 is 22.9 Å². The third kappa shape index (κ3) is 5.02. The average molecular weight is 458 g/mol. The molecule has 11 heteroatoms. The van der Waals surface area contributed by atoms with Crippen LogP contribution in [-0.2, 0) is 14.8 Å². The number of carbonyl (C=O) groups excluding carboxylic acids is 2. The van der Waals surface area contributed by atoms with E-state index in [0.717, 1.165) is 11.5 Å². The molecular weight excluding hydrogens is 441 g/mol. The number of amides is 2.